The van der Waals surface area contributed by atoms with E-state index in [-0.39, 0.29) is 22.6 Å². The Morgan fingerprint density at radius 3 is 2.52 bits per heavy atom. The molecule has 0 radical (unpaired) electrons. The lowest BCUT2D eigenvalue weighted by atomic mass is 10.1. The molecule has 3 aromatic rings. The maximum Gasteiger partial charge on any atom is 0.264 e. The molecule has 0 spiro atoms. The third-order valence-corrected chi connectivity index (χ3v) is 5.05. The summed E-state index contributed by atoms with van der Waals surface area (Å²) in [6.45, 7) is 1.29. The van der Waals surface area contributed by atoms with Crippen LogP contribution in [-0.4, -0.2) is 64.5 Å². The van der Waals surface area contributed by atoms with Crippen molar-refractivity contribution in [3.05, 3.63) is 51.8 Å². The van der Waals surface area contributed by atoms with E-state index in [1.54, 1.807) is 37.3 Å². The molecule has 0 aliphatic carbocycles. The maximum atomic E-state index is 12.9. The summed E-state index contributed by atoms with van der Waals surface area (Å²) in [4.78, 5) is 34.4. The summed E-state index contributed by atoms with van der Waals surface area (Å²) in [7, 11) is 7.81. The Bertz CT molecular complexity index is 1190. The monoisotopic (exact) mass is 456 g/mol. The molecule has 0 atom stereocenters. The highest BCUT2D eigenvalue weighted by molar-refractivity contribution is 5.94. The number of H-pyrrole nitrogens is 1. The van der Waals surface area contributed by atoms with Gasteiger partial charge in [0, 0.05) is 38.9 Å². The average Bonchev–Trinajstić information content (AvgIpc) is 2.82. The van der Waals surface area contributed by atoms with Gasteiger partial charge in [-0.1, -0.05) is 12.1 Å². The molecule has 0 saturated heterocycles. The summed E-state index contributed by atoms with van der Waals surface area (Å²) in [5.74, 6) is 1.16. The number of ether oxygens (including phenoxy) is 4. The lowest BCUT2D eigenvalue weighted by molar-refractivity contribution is 0.0937. The summed E-state index contributed by atoms with van der Waals surface area (Å²) in [5.41, 5.74) is 1.45. The minimum atomic E-state index is -0.370. The fraction of sp³-hybridized carbons (Fsp3) is 0.348. The first kappa shape index (κ1) is 23.9. The second-order valence-electron chi connectivity index (χ2n) is 7.23. The van der Waals surface area contributed by atoms with Crippen molar-refractivity contribution in [3.8, 4) is 17.2 Å². The number of aromatic nitrogens is 2. The van der Waals surface area contributed by atoms with Crippen LogP contribution in [0.15, 0.2) is 35.1 Å². The summed E-state index contributed by atoms with van der Waals surface area (Å²) in [5, 5.41) is 3.07. The maximum absolute atomic E-state index is 12.9. The van der Waals surface area contributed by atoms with E-state index in [1.165, 1.54) is 21.3 Å². The number of nitrogens with one attached hydrogen (secondary N) is 2. The van der Waals surface area contributed by atoms with Crippen molar-refractivity contribution in [2.75, 3.05) is 53.5 Å². The molecule has 0 aliphatic heterocycles. The van der Waals surface area contributed by atoms with E-state index in [0.717, 1.165) is 5.56 Å². The van der Waals surface area contributed by atoms with Crippen LogP contribution >= 0.6 is 0 Å². The standard InChI is InChI=1S/C23H28N4O6/c1-27(13-14-7-6-8-15(11-14)21(28)24-9-10-30-2)23-25-16-12-17(31-3)19(32-4)20(33-5)18(16)22(29)26-23/h6-8,11-12H,9-10,13H2,1-5H3,(H,24,28)(H,25,26,29). The van der Waals surface area contributed by atoms with Crippen molar-refractivity contribution in [1.29, 1.82) is 0 Å². The predicted molar refractivity (Wildman–Crippen MR) is 125 cm³/mol. The summed E-state index contributed by atoms with van der Waals surface area (Å²) in [6, 6.07) is 8.89. The number of methoxy groups -OCH3 is 4. The SMILES string of the molecule is COCCNC(=O)c1cccc(CN(C)c2nc3cc(OC)c(OC)c(OC)c3c(=O)[nH]2)c1. The zero-order valence-corrected chi connectivity index (χ0v) is 19.4. The van der Waals surface area contributed by atoms with Crippen molar-refractivity contribution in [2.24, 2.45) is 0 Å². The Morgan fingerprint density at radius 1 is 1.09 bits per heavy atom. The van der Waals surface area contributed by atoms with Gasteiger partial charge in [-0.2, -0.15) is 0 Å². The van der Waals surface area contributed by atoms with Crippen molar-refractivity contribution < 1.29 is 23.7 Å². The zero-order valence-electron chi connectivity index (χ0n) is 19.4. The number of benzene rings is 2. The molecule has 1 amide bonds. The molecule has 2 N–H and O–H groups in total. The van der Waals surface area contributed by atoms with E-state index >= 15 is 0 Å². The first-order chi connectivity index (χ1) is 15.9. The highest BCUT2D eigenvalue weighted by Crippen LogP contribution is 2.41. The molecule has 2 aromatic carbocycles. The number of fused-ring (bicyclic) bond motifs is 1. The van der Waals surface area contributed by atoms with E-state index < -0.39 is 0 Å². The van der Waals surface area contributed by atoms with Crippen LogP contribution in [0.4, 0.5) is 5.95 Å². The van der Waals surface area contributed by atoms with Gasteiger partial charge < -0.3 is 29.2 Å². The molecule has 1 heterocycles. The molecule has 176 valence electrons. The third-order valence-electron chi connectivity index (χ3n) is 5.05. The molecule has 0 saturated carbocycles. The van der Waals surface area contributed by atoms with E-state index in [2.05, 4.69) is 15.3 Å². The van der Waals surface area contributed by atoms with Crippen LogP contribution in [-0.2, 0) is 11.3 Å². The molecule has 10 heteroatoms. The predicted octanol–water partition coefficient (Wildman–Crippen LogP) is 1.96. The van der Waals surface area contributed by atoms with Crippen LogP contribution in [0, 0.1) is 0 Å². The molecular weight excluding hydrogens is 428 g/mol. The number of carbonyl (C=O) groups excluding carboxylic acids is 1. The molecule has 1 aromatic heterocycles. The fourth-order valence-electron chi connectivity index (χ4n) is 3.47. The molecule has 0 fully saturated rings. The number of rotatable bonds is 10. The first-order valence-electron chi connectivity index (χ1n) is 10.2. The topological polar surface area (TPSA) is 115 Å². The number of hydrogen-bond donors (Lipinski definition) is 2. The number of aromatic amines is 1. The van der Waals surface area contributed by atoms with Crippen molar-refractivity contribution >= 4 is 22.8 Å². The van der Waals surface area contributed by atoms with Crippen molar-refractivity contribution in [1.82, 2.24) is 15.3 Å². The van der Waals surface area contributed by atoms with Crippen LogP contribution in [0.2, 0.25) is 0 Å². The summed E-state index contributed by atoms with van der Waals surface area (Å²) >= 11 is 0. The van der Waals surface area contributed by atoms with Gasteiger partial charge in [0.2, 0.25) is 11.7 Å². The van der Waals surface area contributed by atoms with Gasteiger partial charge in [0.05, 0.1) is 33.5 Å². The first-order valence-corrected chi connectivity index (χ1v) is 10.2. The fourth-order valence-corrected chi connectivity index (χ4v) is 3.47. The van der Waals surface area contributed by atoms with Crippen LogP contribution in [0.5, 0.6) is 17.2 Å². The molecule has 0 unspecified atom stereocenters. The van der Waals surface area contributed by atoms with E-state index in [4.69, 9.17) is 18.9 Å². The number of anilines is 1. The quantitative estimate of drug-likeness (QED) is 0.445. The van der Waals surface area contributed by atoms with Gasteiger partial charge in [-0.05, 0) is 17.7 Å². The largest absolute Gasteiger partial charge is 0.493 e. The molecular formula is C23H28N4O6. The summed E-state index contributed by atoms with van der Waals surface area (Å²) < 4.78 is 21.1. The average molecular weight is 456 g/mol. The number of hydrogen-bond acceptors (Lipinski definition) is 8. The molecule has 3 rings (SSSR count). The van der Waals surface area contributed by atoms with E-state index in [1.807, 2.05) is 12.1 Å². The zero-order chi connectivity index (χ0) is 24.0. The summed E-state index contributed by atoms with van der Waals surface area (Å²) in [6.07, 6.45) is 0. The minimum Gasteiger partial charge on any atom is -0.493 e. The normalized spacial score (nSPS) is 10.7. The third kappa shape index (κ3) is 5.17. The van der Waals surface area contributed by atoms with Gasteiger partial charge in [-0.3, -0.25) is 14.6 Å². The smallest absolute Gasteiger partial charge is 0.264 e. The Hall–Kier alpha value is -3.79. The second-order valence-corrected chi connectivity index (χ2v) is 7.23. The van der Waals surface area contributed by atoms with Gasteiger partial charge in [0.25, 0.3) is 11.5 Å². The van der Waals surface area contributed by atoms with Crippen LogP contribution in [0.1, 0.15) is 15.9 Å². The van der Waals surface area contributed by atoms with Gasteiger partial charge >= 0.3 is 0 Å². The van der Waals surface area contributed by atoms with E-state index in [9.17, 15) is 9.59 Å². The van der Waals surface area contributed by atoms with E-state index in [0.29, 0.717) is 48.2 Å². The van der Waals surface area contributed by atoms with Gasteiger partial charge in [-0.25, -0.2) is 4.98 Å². The molecule has 33 heavy (non-hydrogen) atoms. The Labute approximate surface area is 191 Å². The number of nitrogens with zero attached hydrogens (tertiary/aromatic N) is 2. The van der Waals surface area contributed by atoms with Gasteiger partial charge in [-0.15, -0.1) is 0 Å². The molecule has 0 bridgehead atoms. The second kappa shape index (κ2) is 10.7. The Balaban J connectivity index is 1.90. The molecule has 10 nitrogen and oxygen atoms in total. The minimum absolute atomic E-state index is 0.179. The van der Waals surface area contributed by atoms with Gasteiger partial charge in [0.1, 0.15) is 5.39 Å². The lowest BCUT2D eigenvalue weighted by Gasteiger charge is -2.19. The molecule has 0 aliphatic rings. The number of carbonyl (C=O) groups is 1. The van der Waals surface area contributed by atoms with Crippen molar-refractivity contribution in [2.45, 2.75) is 6.54 Å². The Kier molecular flexibility index (Phi) is 7.73. The van der Waals surface area contributed by atoms with Crippen LogP contribution in [0.25, 0.3) is 10.9 Å². The highest BCUT2D eigenvalue weighted by Gasteiger charge is 2.20. The van der Waals surface area contributed by atoms with Crippen LogP contribution < -0.4 is 30.0 Å². The van der Waals surface area contributed by atoms with Crippen molar-refractivity contribution in [3.63, 3.8) is 0 Å². The lowest BCUT2D eigenvalue weighted by Crippen LogP contribution is -2.27. The number of amides is 1. The Morgan fingerprint density at radius 2 is 1.85 bits per heavy atom. The highest BCUT2D eigenvalue weighted by atomic mass is 16.5. The van der Waals surface area contributed by atoms with Crippen LogP contribution in [0.3, 0.4) is 0 Å². The van der Waals surface area contributed by atoms with Gasteiger partial charge in [0.15, 0.2) is 11.5 Å².